The van der Waals surface area contributed by atoms with E-state index in [9.17, 15) is 4.39 Å². The number of hydrogen-bond donors (Lipinski definition) is 0. The first-order valence-electron chi connectivity index (χ1n) is 8.68. The molecule has 2 aliphatic heterocycles. The first-order valence-corrected chi connectivity index (χ1v) is 8.68. The van der Waals surface area contributed by atoms with Crippen LogP contribution in [0.5, 0.6) is 0 Å². The number of aromatic nitrogens is 2. The third kappa shape index (κ3) is 3.30. The molecule has 0 amide bonds. The molecule has 0 spiro atoms. The number of morpholine rings is 1. The van der Waals surface area contributed by atoms with Crippen molar-refractivity contribution in [2.45, 2.75) is 13.0 Å². The smallest absolute Gasteiger partial charge is 0.127 e. The van der Waals surface area contributed by atoms with Crippen molar-refractivity contribution in [1.29, 1.82) is 0 Å². The van der Waals surface area contributed by atoms with Gasteiger partial charge in [0.05, 0.1) is 25.5 Å². The zero-order chi connectivity index (χ0) is 16.4. The van der Waals surface area contributed by atoms with E-state index in [2.05, 4.69) is 25.6 Å². The van der Waals surface area contributed by atoms with Gasteiger partial charge < -0.3 is 9.64 Å². The van der Waals surface area contributed by atoms with Crippen molar-refractivity contribution in [3.05, 3.63) is 36.1 Å². The first kappa shape index (κ1) is 15.6. The van der Waals surface area contributed by atoms with Gasteiger partial charge in [0.15, 0.2) is 0 Å². The van der Waals surface area contributed by atoms with Crippen molar-refractivity contribution >= 4 is 5.82 Å². The van der Waals surface area contributed by atoms with Crippen LogP contribution in [-0.4, -0.2) is 60.6 Å². The summed E-state index contributed by atoms with van der Waals surface area (Å²) in [7, 11) is 0. The summed E-state index contributed by atoms with van der Waals surface area (Å²) in [5.74, 6) is 0.964. The quantitative estimate of drug-likeness (QED) is 0.842. The lowest BCUT2D eigenvalue weighted by Gasteiger charge is -2.27. The summed E-state index contributed by atoms with van der Waals surface area (Å²) in [6.07, 6.45) is 1.15. The maximum Gasteiger partial charge on any atom is 0.127 e. The van der Waals surface area contributed by atoms with E-state index in [0.717, 1.165) is 70.2 Å². The standard InChI is InChI=1S/C18H23FN4O/c19-16-4-2-15(3-5-16)17-14-18-22(8-9-23(18)20-17)7-1-6-21-10-12-24-13-11-21/h2-5,14H,1,6-13H2. The lowest BCUT2D eigenvalue weighted by atomic mass is 10.1. The Hall–Kier alpha value is -1.92. The maximum absolute atomic E-state index is 13.1. The Morgan fingerprint density at radius 3 is 2.58 bits per heavy atom. The summed E-state index contributed by atoms with van der Waals surface area (Å²) in [6.45, 7) is 7.93. The van der Waals surface area contributed by atoms with Crippen molar-refractivity contribution in [2.24, 2.45) is 0 Å². The van der Waals surface area contributed by atoms with Crippen molar-refractivity contribution in [3.8, 4) is 11.3 Å². The van der Waals surface area contributed by atoms with Crippen LogP contribution in [0.25, 0.3) is 11.3 Å². The van der Waals surface area contributed by atoms with Crippen LogP contribution in [0.3, 0.4) is 0 Å². The minimum atomic E-state index is -0.213. The molecule has 6 heteroatoms. The molecule has 1 saturated heterocycles. The SMILES string of the molecule is Fc1ccc(-c2cc3n(n2)CCN3CCCN2CCOCC2)cc1. The maximum atomic E-state index is 13.1. The Kier molecular flexibility index (Phi) is 4.49. The Morgan fingerprint density at radius 1 is 1.00 bits per heavy atom. The van der Waals surface area contributed by atoms with Gasteiger partial charge in [0.2, 0.25) is 0 Å². The van der Waals surface area contributed by atoms with Crippen LogP contribution in [0.4, 0.5) is 10.2 Å². The Labute approximate surface area is 141 Å². The van der Waals surface area contributed by atoms with Crippen LogP contribution in [0.1, 0.15) is 6.42 Å². The molecule has 1 aromatic carbocycles. The van der Waals surface area contributed by atoms with Crippen molar-refractivity contribution in [2.75, 3.05) is 50.8 Å². The molecule has 1 aromatic heterocycles. The lowest BCUT2D eigenvalue weighted by Crippen LogP contribution is -2.38. The van der Waals surface area contributed by atoms with E-state index in [1.165, 1.54) is 18.0 Å². The average Bonchev–Trinajstić information content (AvgIpc) is 3.18. The summed E-state index contributed by atoms with van der Waals surface area (Å²) in [5.41, 5.74) is 1.88. The summed E-state index contributed by atoms with van der Waals surface area (Å²) < 4.78 is 20.5. The summed E-state index contributed by atoms with van der Waals surface area (Å²) in [6, 6.07) is 8.67. The van der Waals surface area contributed by atoms with Crippen LogP contribution in [0, 0.1) is 5.82 Å². The topological polar surface area (TPSA) is 33.5 Å². The lowest BCUT2D eigenvalue weighted by molar-refractivity contribution is 0.0376. The summed E-state index contributed by atoms with van der Waals surface area (Å²) in [5, 5.41) is 4.66. The highest BCUT2D eigenvalue weighted by atomic mass is 19.1. The van der Waals surface area contributed by atoms with E-state index in [4.69, 9.17) is 4.74 Å². The molecule has 5 nitrogen and oxygen atoms in total. The summed E-state index contributed by atoms with van der Waals surface area (Å²) >= 11 is 0. The van der Waals surface area contributed by atoms with Crippen LogP contribution >= 0.6 is 0 Å². The Morgan fingerprint density at radius 2 is 1.79 bits per heavy atom. The van der Waals surface area contributed by atoms with Gasteiger partial charge in [-0.3, -0.25) is 4.90 Å². The van der Waals surface area contributed by atoms with Crippen molar-refractivity contribution < 1.29 is 9.13 Å². The number of hydrogen-bond acceptors (Lipinski definition) is 4. The molecule has 128 valence electrons. The molecule has 0 unspecified atom stereocenters. The molecule has 0 atom stereocenters. The van der Waals surface area contributed by atoms with Crippen molar-refractivity contribution in [1.82, 2.24) is 14.7 Å². The van der Waals surface area contributed by atoms with Gasteiger partial charge in [-0.15, -0.1) is 0 Å². The second-order valence-corrected chi connectivity index (χ2v) is 6.41. The largest absolute Gasteiger partial charge is 0.379 e. The number of rotatable bonds is 5. The predicted molar refractivity (Wildman–Crippen MR) is 91.7 cm³/mol. The second-order valence-electron chi connectivity index (χ2n) is 6.41. The molecule has 0 radical (unpaired) electrons. The van der Waals surface area contributed by atoms with E-state index in [0.29, 0.717) is 0 Å². The number of nitrogens with zero attached hydrogens (tertiary/aromatic N) is 4. The molecule has 1 fully saturated rings. The number of fused-ring (bicyclic) bond motifs is 1. The molecule has 0 aliphatic carbocycles. The van der Waals surface area contributed by atoms with Gasteiger partial charge in [0, 0.05) is 44.4 Å². The van der Waals surface area contributed by atoms with Gasteiger partial charge in [0.25, 0.3) is 0 Å². The van der Waals surface area contributed by atoms with Gasteiger partial charge in [-0.05, 0) is 30.7 Å². The van der Waals surface area contributed by atoms with E-state index in [1.54, 1.807) is 12.1 Å². The van der Waals surface area contributed by atoms with Crippen LogP contribution < -0.4 is 4.90 Å². The van der Waals surface area contributed by atoms with E-state index in [1.807, 2.05) is 0 Å². The molecular weight excluding hydrogens is 307 g/mol. The van der Waals surface area contributed by atoms with Gasteiger partial charge in [-0.2, -0.15) is 5.10 Å². The van der Waals surface area contributed by atoms with Crippen LogP contribution in [-0.2, 0) is 11.3 Å². The highest BCUT2D eigenvalue weighted by Crippen LogP contribution is 2.28. The van der Waals surface area contributed by atoms with Gasteiger partial charge >= 0.3 is 0 Å². The molecule has 3 heterocycles. The predicted octanol–water partition coefficient (Wildman–Crippen LogP) is 2.23. The third-order valence-corrected chi connectivity index (χ3v) is 4.81. The molecule has 4 rings (SSSR count). The normalized spacial score (nSPS) is 18.1. The summed E-state index contributed by atoms with van der Waals surface area (Å²) in [4.78, 5) is 4.88. The van der Waals surface area contributed by atoms with Crippen molar-refractivity contribution in [3.63, 3.8) is 0 Å². The second kappa shape index (κ2) is 6.91. The highest BCUT2D eigenvalue weighted by molar-refractivity contribution is 5.64. The number of benzene rings is 1. The highest BCUT2D eigenvalue weighted by Gasteiger charge is 2.22. The number of halogens is 1. The molecule has 2 aromatic rings. The fraction of sp³-hybridized carbons (Fsp3) is 0.500. The molecule has 0 N–H and O–H groups in total. The Bertz CT molecular complexity index is 679. The van der Waals surface area contributed by atoms with Crippen LogP contribution in [0.2, 0.25) is 0 Å². The molecular formula is C18H23FN4O. The Balaban J connectivity index is 1.37. The van der Waals surface area contributed by atoms with E-state index >= 15 is 0 Å². The van der Waals surface area contributed by atoms with Gasteiger partial charge in [-0.1, -0.05) is 0 Å². The third-order valence-electron chi connectivity index (χ3n) is 4.81. The van der Waals surface area contributed by atoms with E-state index < -0.39 is 0 Å². The average molecular weight is 330 g/mol. The fourth-order valence-electron chi connectivity index (χ4n) is 3.45. The number of ether oxygens (including phenoxy) is 1. The van der Waals surface area contributed by atoms with Crippen LogP contribution in [0.15, 0.2) is 30.3 Å². The molecule has 2 aliphatic rings. The molecule has 0 bridgehead atoms. The zero-order valence-electron chi connectivity index (χ0n) is 13.8. The van der Waals surface area contributed by atoms with E-state index in [-0.39, 0.29) is 5.82 Å². The minimum Gasteiger partial charge on any atom is -0.379 e. The molecule has 24 heavy (non-hydrogen) atoms. The van der Waals surface area contributed by atoms with Gasteiger partial charge in [-0.25, -0.2) is 9.07 Å². The minimum absolute atomic E-state index is 0.213. The first-order chi connectivity index (χ1) is 11.8. The zero-order valence-corrected chi connectivity index (χ0v) is 13.8. The monoisotopic (exact) mass is 330 g/mol. The number of anilines is 1. The molecule has 0 saturated carbocycles. The van der Waals surface area contributed by atoms with Gasteiger partial charge in [0.1, 0.15) is 11.6 Å². The fourth-order valence-corrected chi connectivity index (χ4v) is 3.45.